The number of esters is 1. The highest BCUT2D eigenvalue weighted by atomic mass is 16.6. The summed E-state index contributed by atoms with van der Waals surface area (Å²) in [7, 11) is 0. The maximum atomic E-state index is 12.4. The molecule has 1 amide bonds. The van der Waals surface area contributed by atoms with Gasteiger partial charge in [-0.25, -0.2) is 4.79 Å². The number of amides is 1. The quantitative estimate of drug-likeness (QED) is 0.788. The van der Waals surface area contributed by atoms with Crippen molar-refractivity contribution < 1.29 is 19.1 Å². The average Bonchev–Trinajstić information content (AvgIpc) is 3.42. The second-order valence-electron chi connectivity index (χ2n) is 6.17. The van der Waals surface area contributed by atoms with Gasteiger partial charge in [0.1, 0.15) is 5.75 Å². The Morgan fingerprint density at radius 2 is 1.88 bits per heavy atom. The van der Waals surface area contributed by atoms with Crippen LogP contribution in [0.4, 0.5) is 0 Å². The first-order valence-corrected chi connectivity index (χ1v) is 8.36. The van der Waals surface area contributed by atoms with Crippen molar-refractivity contribution in [3.63, 3.8) is 0 Å². The van der Waals surface area contributed by atoms with Crippen LogP contribution in [-0.2, 0) is 14.3 Å². The normalized spacial score (nSPS) is 14.4. The first-order chi connectivity index (χ1) is 12.1. The molecule has 0 bridgehead atoms. The van der Waals surface area contributed by atoms with E-state index >= 15 is 0 Å². The molecular weight excluding hydrogens is 318 g/mol. The van der Waals surface area contributed by atoms with Crippen molar-refractivity contribution in [3.8, 4) is 5.75 Å². The standard InChI is InChI=1S/C20H21NO4/c1-14-6-5-9-17(12-14)24-13-18(22)25-19(15-7-3-2-4-8-15)20(23)21-16-10-11-16/h2-9,12,16,19H,10-11,13H2,1H3,(H,21,23)/t19-/m0/s1. The van der Waals surface area contributed by atoms with Gasteiger partial charge in [0, 0.05) is 11.6 Å². The lowest BCUT2D eigenvalue weighted by molar-refractivity contribution is -0.158. The van der Waals surface area contributed by atoms with Crippen LogP contribution in [0.3, 0.4) is 0 Å². The Hall–Kier alpha value is -2.82. The van der Waals surface area contributed by atoms with Crippen molar-refractivity contribution in [3.05, 3.63) is 65.7 Å². The average molecular weight is 339 g/mol. The Morgan fingerprint density at radius 1 is 1.12 bits per heavy atom. The minimum atomic E-state index is -0.963. The minimum Gasteiger partial charge on any atom is -0.482 e. The molecule has 1 saturated carbocycles. The molecule has 5 heteroatoms. The molecule has 0 unspecified atom stereocenters. The van der Waals surface area contributed by atoms with Gasteiger partial charge in [-0.3, -0.25) is 4.79 Å². The molecule has 2 aromatic rings. The van der Waals surface area contributed by atoms with Crippen molar-refractivity contribution in [1.29, 1.82) is 0 Å². The third-order valence-electron chi connectivity index (χ3n) is 3.86. The van der Waals surface area contributed by atoms with Crippen LogP contribution in [0.15, 0.2) is 54.6 Å². The lowest BCUT2D eigenvalue weighted by atomic mass is 10.1. The number of carbonyl (C=O) groups is 2. The van der Waals surface area contributed by atoms with Crippen LogP contribution in [-0.4, -0.2) is 24.5 Å². The van der Waals surface area contributed by atoms with E-state index in [0.717, 1.165) is 18.4 Å². The molecule has 0 radical (unpaired) electrons. The number of hydrogen-bond acceptors (Lipinski definition) is 4. The summed E-state index contributed by atoms with van der Waals surface area (Å²) >= 11 is 0. The summed E-state index contributed by atoms with van der Waals surface area (Å²) in [6, 6.07) is 16.6. The Morgan fingerprint density at radius 3 is 2.56 bits per heavy atom. The van der Waals surface area contributed by atoms with Crippen LogP contribution in [0.5, 0.6) is 5.75 Å². The highest BCUT2D eigenvalue weighted by molar-refractivity contribution is 5.85. The molecular formula is C20H21NO4. The molecule has 130 valence electrons. The molecule has 0 saturated heterocycles. The molecule has 3 rings (SSSR count). The molecule has 0 heterocycles. The lowest BCUT2D eigenvalue weighted by Gasteiger charge is -2.18. The van der Waals surface area contributed by atoms with E-state index in [1.54, 1.807) is 18.2 Å². The number of ether oxygens (including phenoxy) is 2. The summed E-state index contributed by atoms with van der Waals surface area (Å²) in [4.78, 5) is 24.6. The van der Waals surface area contributed by atoms with Gasteiger partial charge in [0.15, 0.2) is 6.61 Å². The predicted molar refractivity (Wildman–Crippen MR) is 93.1 cm³/mol. The monoisotopic (exact) mass is 339 g/mol. The second kappa shape index (κ2) is 7.83. The number of benzene rings is 2. The second-order valence-corrected chi connectivity index (χ2v) is 6.17. The zero-order valence-electron chi connectivity index (χ0n) is 14.1. The highest BCUT2D eigenvalue weighted by Gasteiger charge is 2.30. The van der Waals surface area contributed by atoms with E-state index in [2.05, 4.69) is 5.32 Å². The molecule has 0 aliphatic heterocycles. The van der Waals surface area contributed by atoms with Gasteiger partial charge < -0.3 is 14.8 Å². The maximum absolute atomic E-state index is 12.4. The number of carbonyl (C=O) groups excluding carboxylic acids is 2. The smallest absolute Gasteiger partial charge is 0.345 e. The number of aryl methyl sites for hydroxylation is 1. The zero-order chi connectivity index (χ0) is 17.6. The number of rotatable bonds is 7. The van der Waals surface area contributed by atoms with E-state index in [1.807, 2.05) is 43.3 Å². The molecule has 1 atom stereocenters. The summed E-state index contributed by atoms with van der Waals surface area (Å²) < 4.78 is 10.9. The third kappa shape index (κ3) is 5.08. The summed E-state index contributed by atoms with van der Waals surface area (Å²) in [6.07, 6.45) is 0.977. The zero-order valence-corrected chi connectivity index (χ0v) is 14.1. The fourth-order valence-corrected chi connectivity index (χ4v) is 2.42. The van der Waals surface area contributed by atoms with E-state index in [-0.39, 0.29) is 18.6 Å². The van der Waals surface area contributed by atoms with Gasteiger partial charge in [-0.1, -0.05) is 42.5 Å². The summed E-state index contributed by atoms with van der Waals surface area (Å²) in [6.45, 7) is 1.70. The molecule has 1 aliphatic carbocycles. The van der Waals surface area contributed by atoms with Crippen molar-refractivity contribution in [2.45, 2.75) is 31.9 Å². The molecule has 25 heavy (non-hydrogen) atoms. The van der Waals surface area contributed by atoms with Crippen LogP contribution < -0.4 is 10.1 Å². The van der Waals surface area contributed by atoms with Crippen molar-refractivity contribution in [2.24, 2.45) is 0 Å². The topological polar surface area (TPSA) is 64.6 Å². The van der Waals surface area contributed by atoms with Gasteiger partial charge in [-0.15, -0.1) is 0 Å². The van der Waals surface area contributed by atoms with Gasteiger partial charge in [-0.2, -0.15) is 0 Å². The molecule has 1 fully saturated rings. The fourth-order valence-electron chi connectivity index (χ4n) is 2.42. The van der Waals surface area contributed by atoms with Crippen LogP contribution >= 0.6 is 0 Å². The minimum absolute atomic E-state index is 0.195. The first-order valence-electron chi connectivity index (χ1n) is 8.36. The third-order valence-corrected chi connectivity index (χ3v) is 3.86. The summed E-state index contributed by atoms with van der Waals surface area (Å²) in [5.41, 5.74) is 1.68. The van der Waals surface area contributed by atoms with Crippen molar-refractivity contribution in [1.82, 2.24) is 5.32 Å². The highest BCUT2D eigenvalue weighted by Crippen LogP contribution is 2.23. The van der Waals surface area contributed by atoms with Crippen molar-refractivity contribution >= 4 is 11.9 Å². The first kappa shape index (κ1) is 17.0. The van der Waals surface area contributed by atoms with Crippen LogP contribution in [0, 0.1) is 6.92 Å². The molecule has 1 aliphatic rings. The van der Waals surface area contributed by atoms with Gasteiger partial charge in [-0.05, 0) is 37.5 Å². The van der Waals surface area contributed by atoms with Gasteiger partial charge in [0.25, 0.3) is 5.91 Å². The molecule has 0 aromatic heterocycles. The van der Waals surface area contributed by atoms with Crippen LogP contribution in [0.1, 0.15) is 30.1 Å². The van der Waals surface area contributed by atoms with Crippen LogP contribution in [0.2, 0.25) is 0 Å². The van der Waals surface area contributed by atoms with E-state index in [4.69, 9.17) is 9.47 Å². The molecule has 0 spiro atoms. The molecule has 2 aromatic carbocycles. The lowest BCUT2D eigenvalue weighted by Crippen LogP contribution is -2.34. The SMILES string of the molecule is Cc1cccc(OCC(=O)O[C@H](C(=O)NC2CC2)c2ccccc2)c1. The van der Waals surface area contributed by atoms with Crippen LogP contribution in [0.25, 0.3) is 0 Å². The van der Waals surface area contributed by atoms with E-state index < -0.39 is 12.1 Å². The van der Waals surface area contributed by atoms with E-state index in [9.17, 15) is 9.59 Å². The summed E-state index contributed by atoms with van der Waals surface area (Å²) in [5.74, 6) is -0.283. The van der Waals surface area contributed by atoms with Gasteiger partial charge >= 0.3 is 5.97 Å². The fraction of sp³-hybridized carbons (Fsp3) is 0.300. The molecule has 1 N–H and O–H groups in total. The largest absolute Gasteiger partial charge is 0.482 e. The van der Waals surface area contributed by atoms with E-state index in [0.29, 0.717) is 11.3 Å². The van der Waals surface area contributed by atoms with E-state index in [1.165, 1.54) is 0 Å². The number of nitrogens with one attached hydrogen (secondary N) is 1. The predicted octanol–water partition coefficient (Wildman–Crippen LogP) is 2.94. The number of hydrogen-bond donors (Lipinski definition) is 1. The van der Waals surface area contributed by atoms with Crippen molar-refractivity contribution in [2.75, 3.05) is 6.61 Å². The Kier molecular flexibility index (Phi) is 5.33. The molecule has 5 nitrogen and oxygen atoms in total. The van der Waals surface area contributed by atoms with Gasteiger partial charge in [0.2, 0.25) is 6.10 Å². The maximum Gasteiger partial charge on any atom is 0.345 e. The van der Waals surface area contributed by atoms with Gasteiger partial charge in [0.05, 0.1) is 0 Å². The Balaban J connectivity index is 1.62. The Labute approximate surface area is 147 Å². The summed E-state index contributed by atoms with van der Waals surface area (Å²) in [5, 5.41) is 2.88. The Bertz CT molecular complexity index is 740.